The first-order valence-corrected chi connectivity index (χ1v) is 5.45. The van der Waals surface area contributed by atoms with Gasteiger partial charge in [0, 0.05) is 18.5 Å². The van der Waals surface area contributed by atoms with Crippen molar-refractivity contribution in [2.24, 2.45) is 5.92 Å². The Hall–Kier alpha value is 0.250. The molecular formula is C10H22ClN. The third-order valence-electron chi connectivity index (χ3n) is 2.43. The molecule has 1 atom stereocenters. The minimum Gasteiger partial charge on any atom is -0.303 e. The fourth-order valence-electron chi connectivity index (χ4n) is 1.60. The number of halogens is 1. The lowest BCUT2D eigenvalue weighted by atomic mass is 10.1. The topological polar surface area (TPSA) is 3.24 Å². The first-order valence-electron chi connectivity index (χ1n) is 4.91. The van der Waals surface area contributed by atoms with Gasteiger partial charge in [-0.25, -0.2) is 0 Å². The molecule has 0 radical (unpaired) electrons. The van der Waals surface area contributed by atoms with Crippen LogP contribution in [0.25, 0.3) is 0 Å². The summed E-state index contributed by atoms with van der Waals surface area (Å²) in [5.74, 6) is 1.38. The fourth-order valence-corrected chi connectivity index (χ4v) is 1.70. The van der Waals surface area contributed by atoms with Crippen molar-refractivity contribution >= 4 is 11.6 Å². The van der Waals surface area contributed by atoms with Crippen molar-refractivity contribution in [2.45, 2.75) is 39.7 Å². The molecule has 0 amide bonds. The Bertz CT molecular complexity index is 102. The largest absolute Gasteiger partial charge is 0.303 e. The van der Waals surface area contributed by atoms with Crippen LogP contribution in [0.4, 0.5) is 0 Å². The number of hydrogen-bond donors (Lipinski definition) is 0. The molecule has 0 rings (SSSR count). The lowest BCUT2D eigenvalue weighted by Crippen LogP contribution is -2.34. The molecule has 2 heteroatoms. The number of rotatable bonds is 6. The van der Waals surface area contributed by atoms with Crippen LogP contribution < -0.4 is 0 Å². The summed E-state index contributed by atoms with van der Waals surface area (Å²) >= 11 is 5.76. The van der Waals surface area contributed by atoms with Gasteiger partial charge in [0.1, 0.15) is 0 Å². The van der Waals surface area contributed by atoms with Crippen LogP contribution in [0.15, 0.2) is 0 Å². The van der Waals surface area contributed by atoms with E-state index in [0.29, 0.717) is 5.92 Å². The molecule has 74 valence electrons. The van der Waals surface area contributed by atoms with Crippen LogP contribution in [-0.2, 0) is 0 Å². The average molecular weight is 192 g/mol. The first kappa shape index (κ1) is 12.2. The molecule has 0 N–H and O–H groups in total. The van der Waals surface area contributed by atoms with Crippen molar-refractivity contribution in [1.29, 1.82) is 0 Å². The van der Waals surface area contributed by atoms with Gasteiger partial charge >= 0.3 is 0 Å². The number of nitrogens with zero attached hydrogens (tertiary/aromatic N) is 1. The van der Waals surface area contributed by atoms with Gasteiger partial charge in [-0.1, -0.05) is 20.8 Å². The van der Waals surface area contributed by atoms with E-state index in [1.807, 2.05) is 0 Å². The van der Waals surface area contributed by atoms with Crippen LogP contribution in [0.2, 0.25) is 0 Å². The highest BCUT2D eigenvalue weighted by Gasteiger charge is 2.12. The summed E-state index contributed by atoms with van der Waals surface area (Å²) in [4.78, 5) is 2.42. The van der Waals surface area contributed by atoms with Gasteiger partial charge in [-0.15, -0.1) is 11.6 Å². The fraction of sp³-hybridized carbons (Fsp3) is 1.00. The summed E-state index contributed by atoms with van der Waals surface area (Å²) in [5.41, 5.74) is 0. The van der Waals surface area contributed by atoms with Crippen LogP contribution >= 0.6 is 11.6 Å². The van der Waals surface area contributed by atoms with Crippen LogP contribution in [-0.4, -0.2) is 30.4 Å². The van der Waals surface area contributed by atoms with Gasteiger partial charge in [-0.2, -0.15) is 0 Å². The van der Waals surface area contributed by atoms with Crippen molar-refractivity contribution in [3.8, 4) is 0 Å². The van der Waals surface area contributed by atoms with Crippen molar-refractivity contribution in [3.63, 3.8) is 0 Å². The van der Waals surface area contributed by atoms with Crippen molar-refractivity contribution in [1.82, 2.24) is 4.90 Å². The minimum atomic E-state index is 0.609. The van der Waals surface area contributed by atoms with Gasteiger partial charge in [0.25, 0.3) is 0 Å². The van der Waals surface area contributed by atoms with Crippen LogP contribution in [0.1, 0.15) is 33.6 Å². The number of hydrogen-bond acceptors (Lipinski definition) is 1. The smallest absolute Gasteiger partial charge is 0.0261 e. The zero-order chi connectivity index (χ0) is 9.56. The summed E-state index contributed by atoms with van der Waals surface area (Å²) < 4.78 is 0. The summed E-state index contributed by atoms with van der Waals surface area (Å²) in [5, 5.41) is 0. The highest BCUT2D eigenvalue weighted by atomic mass is 35.5. The molecule has 0 aliphatic carbocycles. The second-order valence-electron chi connectivity index (χ2n) is 3.67. The molecule has 0 aromatic rings. The molecule has 0 aromatic heterocycles. The highest BCUT2D eigenvalue weighted by molar-refractivity contribution is 6.18. The molecule has 0 fully saturated rings. The van der Waals surface area contributed by atoms with Gasteiger partial charge in [0.2, 0.25) is 0 Å². The molecule has 1 unspecified atom stereocenters. The molecule has 0 bridgehead atoms. The van der Waals surface area contributed by atoms with E-state index in [0.717, 1.165) is 18.5 Å². The Morgan fingerprint density at radius 3 is 2.08 bits per heavy atom. The molecule has 0 saturated heterocycles. The molecule has 1 nitrogen and oxygen atoms in total. The lowest BCUT2D eigenvalue weighted by Gasteiger charge is -2.28. The monoisotopic (exact) mass is 191 g/mol. The second kappa shape index (κ2) is 6.73. The Labute approximate surface area is 82.1 Å². The zero-order valence-electron chi connectivity index (χ0n) is 8.81. The standard InChI is InChI=1S/C10H22ClN/c1-5-10(6-2)12(4)8-9(3)7-11/h9-10H,5-8H2,1-4H3. The van der Waals surface area contributed by atoms with E-state index in [4.69, 9.17) is 11.6 Å². The van der Waals surface area contributed by atoms with E-state index in [-0.39, 0.29) is 0 Å². The predicted octanol–water partition coefficient (Wildman–Crippen LogP) is 2.98. The van der Waals surface area contributed by atoms with Crippen LogP contribution in [0.3, 0.4) is 0 Å². The Kier molecular flexibility index (Phi) is 6.87. The highest BCUT2D eigenvalue weighted by Crippen LogP contribution is 2.09. The molecule has 0 heterocycles. The van der Waals surface area contributed by atoms with E-state index < -0.39 is 0 Å². The van der Waals surface area contributed by atoms with Crippen molar-refractivity contribution in [2.75, 3.05) is 19.5 Å². The van der Waals surface area contributed by atoms with E-state index in [1.54, 1.807) is 0 Å². The van der Waals surface area contributed by atoms with E-state index >= 15 is 0 Å². The van der Waals surface area contributed by atoms with Gasteiger partial charge in [-0.05, 0) is 25.8 Å². The SMILES string of the molecule is CCC(CC)N(C)CC(C)CCl. The second-order valence-corrected chi connectivity index (χ2v) is 3.98. The minimum absolute atomic E-state index is 0.609. The van der Waals surface area contributed by atoms with Crippen molar-refractivity contribution < 1.29 is 0 Å². The zero-order valence-corrected chi connectivity index (χ0v) is 9.56. The van der Waals surface area contributed by atoms with Gasteiger partial charge in [0.05, 0.1) is 0 Å². The summed E-state index contributed by atoms with van der Waals surface area (Å²) in [6, 6.07) is 0.732. The van der Waals surface area contributed by atoms with Crippen LogP contribution in [0, 0.1) is 5.92 Å². The summed E-state index contributed by atoms with van der Waals surface area (Å²) in [6.45, 7) is 7.81. The third kappa shape index (κ3) is 4.32. The Balaban J connectivity index is 3.75. The molecule has 0 spiro atoms. The summed E-state index contributed by atoms with van der Waals surface area (Å²) in [6.07, 6.45) is 2.48. The molecular weight excluding hydrogens is 170 g/mol. The van der Waals surface area contributed by atoms with E-state index in [9.17, 15) is 0 Å². The van der Waals surface area contributed by atoms with Gasteiger partial charge in [-0.3, -0.25) is 0 Å². The maximum atomic E-state index is 5.76. The van der Waals surface area contributed by atoms with E-state index in [1.165, 1.54) is 12.8 Å². The molecule has 0 aromatic carbocycles. The van der Waals surface area contributed by atoms with Gasteiger partial charge < -0.3 is 4.90 Å². The maximum Gasteiger partial charge on any atom is 0.0261 e. The average Bonchev–Trinajstić information content (AvgIpc) is 2.06. The third-order valence-corrected chi connectivity index (χ3v) is 2.96. The maximum absolute atomic E-state index is 5.76. The van der Waals surface area contributed by atoms with Gasteiger partial charge in [0.15, 0.2) is 0 Å². The van der Waals surface area contributed by atoms with E-state index in [2.05, 4.69) is 32.7 Å². The van der Waals surface area contributed by atoms with Crippen LogP contribution in [0.5, 0.6) is 0 Å². The Morgan fingerprint density at radius 1 is 1.25 bits per heavy atom. The molecule has 0 saturated carbocycles. The molecule has 0 aliphatic rings. The number of alkyl halides is 1. The Morgan fingerprint density at radius 2 is 1.75 bits per heavy atom. The quantitative estimate of drug-likeness (QED) is 0.584. The summed E-state index contributed by atoms with van der Waals surface area (Å²) in [7, 11) is 2.20. The normalized spacial score (nSPS) is 14.2. The first-order chi connectivity index (χ1) is 5.65. The molecule has 12 heavy (non-hydrogen) atoms. The lowest BCUT2D eigenvalue weighted by molar-refractivity contribution is 0.207. The van der Waals surface area contributed by atoms with Crippen molar-refractivity contribution in [3.05, 3.63) is 0 Å². The predicted molar refractivity (Wildman–Crippen MR) is 56.9 cm³/mol. The molecule has 0 aliphatic heterocycles.